The number of carbonyl (C=O) groups is 2. The highest BCUT2D eigenvalue weighted by Gasteiger charge is 2.20. The third-order valence-electron chi connectivity index (χ3n) is 2.75. The summed E-state index contributed by atoms with van der Waals surface area (Å²) in [4.78, 5) is 31.2. The Morgan fingerprint density at radius 1 is 1.32 bits per heavy atom. The Balaban J connectivity index is 2.34. The first kappa shape index (κ1) is 12.9. The van der Waals surface area contributed by atoms with Crippen LogP contribution < -0.4 is 5.32 Å². The molecule has 1 atom stereocenters. The number of para-hydroxylation sites is 1. The van der Waals surface area contributed by atoms with Crippen LogP contribution in [0.5, 0.6) is 0 Å². The molecular weight excluding hydrogens is 246 g/mol. The lowest BCUT2D eigenvalue weighted by Gasteiger charge is -2.12. The van der Waals surface area contributed by atoms with Gasteiger partial charge in [0.2, 0.25) is 0 Å². The van der Waals surface area contributed by atoms with Crippen molar-refractivity contribution in [3.05, 3.63) is 36.2 Å². The van der Waals surface area contributed by atoms with E-state index in [0.717, 1.165) is 0 Å². The summed E-state index contributed by atoms with van der Waals surface area (Å²) < 4.78 is 0. The van der Waals surface area contributed by atoms with Crippen LogP contribution in [0.15, 0.2) is 30.6 Å². The molecule has 0 aliphatic carbocycles. The predicted octanol–water partition coefficient (Wildman–Crippen LogP) is 1.22. The van der Waals surface area contributed by atoms with Gasteiger partial charge in [0.25, 0.3) is 5.91 Å². The van der Waals surface area contributed by atoms with E-state index in [0.29, 0.717) is 23.0 Å². The smallest absolute Gasteiger partial charge is 0.326 e. The maximum Gasteiger partial charge on any atom is 0.326 e. The number of carbonyl (C=O) groups excluding carboxylic acids is 1. The topological polar surface area (TPSA) is 92.2 Å². The van der Waals surface area contributed by atoms with Crippen molar-refractivity contribution in [2.75, 3.05) is 0 Å². The first-order chi connectivity index (χ1) is 9.13. The fraction of sp³-hybridized carbons (Fsp3) is 0.231. The minimum atomic E-state index is -1.05. The maximum atomic E-state index is 12.1. The van der Waals surface area contributed by atoms with Crippen LogP contribution in [0.2, 0.25) is 0 Å². The van der Waals surface area contributed by atoms with Crippen molar-refractivity contribution in [2.24, 2.45) is 0 Å². The number of hydrogen-bond donors (Lipinski definition) is 2. The van der Waals surface area contributed by atoms with Crippen LogP contribution in [-0.2, 0) is 4.79 Å². The lowest BCUT2D eigenvalue weighted by Crippen LogP contribution is -2.40. The number of fused-ring (bicyclic) bond motifs is 1. The molecule has 2 rings (SSSR count). The fourth-order valence-corrected chi connectivity index (χ4v) is 1.75. The predicted molar refractivity (Wildman–Crippen MR) is 68.7 cm³/mol. The van der Waals surface area contributed by atoms with Gasteiger partial charge >= 0.3 is 5.97 Å². The minimum Gasteiger partial charge on any atom is -0.480 e. The van der Waals surface area contributed by atoms with Gasteiger partial charge in [0, 0.05) is 12.4 Å². The highest BCUT2D eigenvalue weighted by atomic mass is 16.4. The number of nitrogens with one attached hydrogen (secondary N) is 1. The average Bonchev–Trinajstić information content (AvgIpc) is 2.43. The zero-order valence-corrected chi connectivity index (χ0v) is 10.3. The summed E-state index contributed by atoms with van der Waals surface area (Å²) in [6, 6.07) is 4.13. The Kier molecular flexibility index (Phi) is 3.70. The Labute approximate surface area is 109 Å². The van der Waals surface area contributed by atoms with Gasteiger partial charge < -0.3 is 10.4 Å². The van der Waals surface area contributed by atoms with Crippen molar-refractivity contribution in [2.45, 2.75) is 19.4 Å². The quantitative estimate of drug-likeness (QED) is 0.861. The minimum absolute atomic E-state index is 0.317. The van der Waals surface area contributed by atoms with Crippen LogP contribution in [0, 0.1) is 0 Å². The second kappa shape index (κ2) is 5.43. The van der Waals surface area contributed by atoms with Crippen molar-refractivity contribution in [3.8, 4) is 0 Å². The zero-order chi connectivity index (χ0) is 13.8. The van der Waals surface area contributed by atoms with Crippen LogP contribution in [0.1, 0.15) is 23.7 Å². The van der Waals surface area contributed by atoms with Gasteiger partial charge in [0.1, 0.15) is 11.6 Å². The van der Waals surface area contributed by atoms with Crippen LogP contribution >= 0.6 is 0 Å². The molecule has 1 aromatic carbocycles. The molecule has 2 N–H and O–H groups in total. The number of benzene rings is 1. The summed E-state index contributed by atoms with van der Waals surface area (Å²) in [5.41, 5.74) is 1.38. The van der Waals surface area contributed by atoms with Gasteiger partial charge in [-0.05, 0) is 18.6 Å². The van der Waals surface area contributed by atoms with Crippen molar-refractivity contribution < 1.29 is 14.7 Å². The maximum absolute atomic E-state index is 12.1. The molecule has 19 heavy (non-hydrogen) atoms. The number of aliphatic carboxylic acids is 1. The lowest BCUT2D eigenvalue weighted by atomic mass is 10.1. The second-order valence-electron chi connectivity index (χ2n) is 4.00. The Hall–Kier alpha value is -2.50. The fourth-order valence-electron chi connectivity index (χ4n) is 1.75. The first-order valence-electron chi connectivity index (χ1n) is 5.87. The molecule has 0 fully saturated rings. The second-order valence-corrected chi connectivity index (χ2v) is 4.00. The Morgan fingerprint density at radius 2 is 2.05 bits per heavy atom. The molecule has 1 unspecified atom stereocenters. The van der Waals surface area contributed by atoms with E-state index in [9.17, 15) is 9.59 Å². The van der Waals surface area contributed by atoms with E-state index in [1.54, 1.807) is 25.1 Å². The monoisotopic (exact) mass is 259 g/mol. The summed E-state index contributed by atoms with van der Waals surface area (Å²) in [6.45, 7) is 1.70. The summed E-state index contributed by atoms with van der Waals surface area (Å²) in [5, 5.41) is 11.4. The molecule has 98 valence electrons. The van der Waals surface area contributed by atoms with Crippen molar-refractivity contribution in [1.82, 2.24) is 15.3 Å². The van der Waals surface area contributed by atoms with Gasteiger partial charge in [0.05, 0.1) is 11.1 Å². The van der Waals surface area contributed by atoms with Crippen LogP contribution in [0.25, 0.3) is 11.0 Å². The average molecular weight is 259 g/mol. The van der Waals surface area contributed by atoms with E-state index in [2.05, 4.69) is 15.3 Å². The molecule has 0 aliphatic heterocycles. The summed E-state index contributed by atoms with van der Waals surface area (Å²) in [7, 11) is 0. The number of nitrogens with zero attached hydrogens (tertiary/aromatic N) is 2. The molecule has 0 bridgehead atoms. The van der Waals surface area contributed by atoms with E-state index >= 15 is 0 Å². The van der Waals surface area contributed by atoms with Gasteiger partial charge in [-0.1, -0.05) is 13.0 Å². The highest BCUT2D eigenvalue weighted by Crippen LogP contribution is 2.13. The molecule has 0 radical (unpaired) electrons. The standard InChI is InChI=1S/C13H13N3O3/c1-2-9(13(18)19)16-12(17)8-4-3-5-10-11(8)15-7-6-14-10/h3-7,9H,2H2,1H3,(H,16,17)(H,18,19). The molecule has 0 saturated carbocycles. The number of aromatic nitrogens is 2. The number of carboxylic acids is 1. The highest BCUT2D eigenvalue weighted by molar-refractivity contribution is 6.05. The normalized spacial score (nSPS) is 12.1. The molecule has 6 nitrogen and oxygen atoms in total. The van der Waals surface area contributed by atoms with Crippen molar-refractivity contribution in [3.63, 3.8) is 0 Å². The Bertz CT molecular complexity index is 622. The molecular formula is C13H13N3O3. The van der Waals surface area contributed by atoms with E-state index in [1.165, 1.54) is 12.4 Å². The van der Waals surface area contributed by atoms with E-state index < -0.39 is 17.9 Å². The molecule has 0 spiro atoms. The summed E-state index contributed by atoms with van der Waals surface area (Å²) in [6.07, 6.45) is 3.35. The SMILES string of the molecule is CCC(NC(=O)c1cccc2nccnc12)C(=O)O. The van der Waals surface area contributed by atoms with Crippen LogP contribution in [0.3, 0.4) is 0 Å². The van der Waals surface area contributed by atoms with Gasteiger partial charge in [-0.2, -0.15) is 0 Å². The van der Waals surface area contributed by atoms with Crippen LogP contribution in [-0.4, -0.2) is 33.0 Å². The lowest BCUT2D eigenvalue weighted by molar-refractivity contribution is -0.139. The summed E-state index contributed by atoms with van der Waals surface area (Å²) >= 11 is 0. The van der Waals surface area contributed by atoms with Crippen LogP contribution in [0.4, 0.5) is 0 Å². The van der Waals surface area contributed by atoms with E-state index in [1.807, 2.05) is 0 Å². The Morgan fingerprint density at radius 3 is 2.74 bits per heavy atom. The number of amides is 1. The van der Waals surface area contributed by atoms with Gasteiger partial charge in [0.15, 0.2) is 0 Å². The van der Waals surface area contributed by atoms with E-state index in [-0.39, 0.29) is 0 Å². The summed E-state index contributed by atoms with van der Waals surface area (Å²) in [5.74, 6) is -1.51. The van der Waals surface area contributed by atoms with Gasteiger partial charge in [-0.25, -0.2) is 4.79 Å². The first-order valence-corrected chi connectivity index (χ1v) is 5.87. The van der Waals surface area contributed by atoms with Gasteiger partial charge in [-0.3, -0.25) is 14.8 Å². The van der Waals surface area contributed by atoms with Gasteiger partial charge in [-0.15, -0.1) is 0 Å². The van der Waals surface area contributed by atoms with Crippen molar-refractivity contribution in [1.29, 1.82) is 0 Å². The molecule has 1 heterocycles. The molecule has 0 saturated heterocycles. The molecule has 1 amide bonds. The third-order valence-corrected chi connectivity index (χ3v) is 2.75. The molecule has 2 aromatic rings. The van der Waals surface area contributed by atoms with Crippen molar-refractivity contribution >= 4 is 22.9 Å². The third kappa shape index (κ3) is 2.67. The number of hydrogen-bond acceptors (Lipinski definition) is 4. The number of carboxylic acid groups (broad SMARTS) is 1. The van der Waals surface area contributed by atoms with E-state index in [4.69, 9.17) is 5.11 Å². The largest absolute Gasteiger partial charge is 0.480 e. The zero-order valence-electron chi connectivity index (χ0n) is 10.3. The molecule has 6 heteroatoms. The molecule has 1 aromatic heterocycles. The molecule has 0 aliphatic rings. The number of rotatable bonds is 4.